The molecule has 1 heterocycles. The minimum Gasteiger partial charge on any atom is -0.326 e. The molecule has 5 heteroatoms. The van der Waals surface area contributed by atoms with Crippen molar-refractivity contribution in [2.24, 2.45) is 5.73 Å². The van der Waals surface area contributed by atoms with Crippen molar-refractivity contribution < 1.29 is 4.39 Å². The van der Waals surface area contributed by atoms with Gasteiger partial charge in [-0.25, -0.2) is 9.37 Å². The lowest BCUT2D eigenvalue weighted by Crippen LogP contribution is -2.25. The molecule has 2 N–H and O–H groups in total. The number of nitrogens with two attached hydrogens (primary N) is 1. The van der Waals surface area contributed by atoms with Crippen LogP contribution in [0.15, 0.2) is 47.6 Å². The molecule has 0 radical (unpaired) electrons. The fourth-order valence-corrected chi connectivity index (χ4v) is 3.31. The highest BCUT2D eigenvalue weighted by Crippen LogP contribution is 2.39. The highest BCUT2D eigenvalue weighted by Gasteiger charge is 2.21. The zero-order chi connectivity index (χ0) is 14.5. The molecule has 20 heavy (non-hydrogen) atoms. The molecule has 106 valence electrons. The van der Waals surface area contributed by atoms with Gasteiger partial charge in [-0.15, -0.1) is 0 Å². The lowest BCUT2D eigenvalue weighted by Gasteiger charge is -2.22. The van der Waals surface area contributed by atoms with Crippen molar-refractivity contribution in [3.63, 3.8) is 0 Å². The van der Waals surface area contributed by atoms with Crippen LogP contribution in [0.25, 0.3) is 0 Å². The van der Waals surface area contributed by atoms with E-state index in [-0.39, 0.29) is 17.1 Å². The minimum absolute atomic E-state index is 0.00648. The van der Waals surface area contributed by atoms with Crippen LogP contribution in [-0.2, 0) is 0 Å². The molecule has 0 bridgehead atoms. The van der Waals surface area contributed by atoms with Gasteiger partial charge in [0.1, 0.15) is 10.8 Å². The molecule has 0 aliphatic heterocycles. The van der Waals surface area contributed by atoms with Crippen LogP contribution in [0.2, 0.25) is 5.02 Å². The lowest BCUT2D eigenvalue weighted by atomic mass is 10.0. The Bertz CT molecular complexity index is 562. The van der Waals surface area contributed by atoms with Gasteiger partial charge in [0.25, 0.3) is 0 Å². The SMILES string of the molecule is CCC(N)C(Sc1ncccc1Cl)c1ccc(F)cc1. The third-order valence-electron chi connectivity index (χ3n) is 3.02. The molecule has 2 nitrogen and oxygen atoms in total. The molecule has 0 saturated heterocycles. The van der Waals surface area contributed by atoms with E-state index < -0.39 is 0 Å². The molecule has 1 aromatic carbocycles. The van der Waals surface area contributed by atoms with Gasteiger partial charge in [0.2, 0.25) is 0 Å². The standard InChI is InChI=1S/C15H16ClFN2S/c1-2-13(18)14(10-5-7-11(17)8-6-10)20-15-12(16)4-3-9-19-15/h3-9,13-14H,2,18H2,1H3. The van der Waals surface area contributed by atoms with E-state index in [9.17, 15) is 4.39 Å². The third kappa shape index (κ3) is 3.72. The Morgan fingerprint density at radius 2 is 2.00 bits per heavy atom. The maximum atomic E-state index is 13.1. The van der Waals surface area contributed by atoms with Gasteiger partial charge in [-0.1, -0.05) is 42.4 Å². The Kier molecular flexibility index (Phi) is 5.40. The molecule has 0 fully saturated rings. The van der Waals surface area contributed by atoms with Crippen LogP contribution in [0.5, 0.6) is 0 Å². The normalized spacial score (nSPS) is 14.0. The van der Waals surface area contributed by atoms with Crippen molar-refractivity contribution in [2.45, 2.75) is 29.7 Å². The summed E-state index contributed by atoms with van der Waals surface area (Å²) in [5.74, 6) is -0.251. The van der Waals surface area contributed by atoms with E-state index in [4.69, 9.17) is 17.3 Å². The fraction of sp³-hybridized carbons (Fsp3) is 0.267. The Morgan fingerprint density at radius 3 is 2.60 bits per heavy atom. The first-order chi connectivity index (χ1) is 9.61. The van der Waals surface area contributed by atoms with E-state index in [2.05, 4.69) is 4.98 Å². The van der Waals surface area contributed by atoms with E-state index in [0.717, 1.165) is 17.0 Å². The molecule has 0 amide bonds. The predicted octanol–water partition coefficient (Wildman–Crippen LogP) is 4.44. The minimum atomic E-state index is -0.251. The average Bonchev–Trinajstić information content (AvgIpc) is 2.47. The van der Waals surface area contributed by atoms with Crippen molar-refractivity contribution in [3.8, 4) is 0 Å². The number of hydrogen-bond acceptors (Lipinski definition) is 3. The van der Waals surface area contributed by atoms with Crippen molar-refractivity contribution >= 4 is 23.4 Å². The fourth-order valence-electron chi connectivity index (χ4n) is 1.85. The van der Waals surface area contributed by atoms with E-state index in [1.165, 1.54) is 23.9 Å². The Labute approximate surface area is 127 Å². The second-order valence-electron chi connectivity index (χ2n) is 4.45. The Hall–Kier alpha value is -1.10. The Balaban J connectivity index is 2.29. The molecule has 0 saturated carbocycles. The van der Waals surface area contributed by atoms with Gasteiger partial charge in [-0.3, -0.25) is 0 Å². The van der Waals surface area contributed by atoms with Crippen LogP contribution < -0.4 is 5.73 Å². The number of halogens is 2. The molecular weight excluding hydrogens is 295 g/mol. The van der Waals surface area contributed by atoms with Gasteiger partial charge in [0.05, 0.1) is 10.3 Å². The summed E-state index contributed by atoms with van der Waals surface area (Å²) in [6.45, 7) is 2.03. The van der Waals surface area contributed by atoms with Crippen molar-refractivity contribution in [3.05, 3.63) is 59.0 Å². The van der Waals surface area contributed by atoms with Crippen molar-refractivity contribution in [1.82, 2.24) is 4.98 Å². The van der Waals surface area contributed by atoms with Crippen LogP contribution in [0.4, 0.5) is 4.39 Å². The number of hydrogen-bond donors (Lipinski definition) is 1. The summed E-state index contributed by atoms with van der Waals surface area (Å²) in [4.78, 5) is 4.28. The molecular formula is C15H16ClFN2S. The maximum Gasteiger partial charge on any atom is 0.123 e. The quantitative estimate of drug-likeness (QED) is 0.830. The summed E-state index contributed by atoms with van der Waals surface area (Å²) in [5.41, 5.74) is 7.18. The molecule has 0 aliphatic carbocycles. The van der Waals surface area contributed by atoms with E-state index in [0.29, 0.717) is 5.02 Å². The second-order valence-corrected chi connectivity index (χ2v) is 5.99. The van der Waals surface area contributed by atoms with Gasteiger partial charge in [0, 0.05) is 12.2 Å². The number of pyridine rings is 1. The van der Waals surface area contributed by atoms with Crippen LogP contribution in [-0.4, -0.2) is 11.0 Å². The van der Waals surface area contributed by atoms with Crippen LogP contribution in [0, 0.1) is 5.82 Å². The highest BCUT2D eigenvalue weighted by molar-refractivity contribution is 7.99. The van der Waals surface area contributed by atoms with Gasteiger partial charge < -0.3 is 5.73 Å². The molecule has 2 atom stereocenters. The van der Waals surface area contributed by atoms with E-state index >= 15 is 0 Å². The van der Waals surface area contributed by atoms with Gasteiger partial charge in [-0.2, -0.15) is 0 Å². The zero-order valence-electron chi connectivity index (χ0n) is 11.1. The van der Waals surface area contributed by atoms with Crippen LogP contribution >= 0.6 is 23.4 Å². The maximum absolute atomic E-state index is 13.1. The largest absolute Gasteiger partial charge is 0.326 e. The van der Waals surface area contributed by atoms with Crippen molar-refractivity contribution in [2.75, 3.05) is 0 Å². The number of thioether (sulfide) groups is 1. The van der Waals surface area contributed by atoms with Gasteiger partial charge in [0.15, 0.2) is 0 Å². The smallest absolute Gasteiger partial charge is 0.123 e. The van der Waals surface area contributed by atoms with E-state index in [1.807, 2.05) is 6.92 Å². The monoisotopic (exact) mass is 310 g/mol. The van der Waals surface area contributed by atoms with Crippen molar-refractivity contribution in [1.29, 1.82) is 0 Å². The number of nitrogens with zero attached hydrogens (tertiary/aromatic N) is 1. The summed E-state index contributed by atoms with van der Waals surface area (Å²) in [5, 5.41) is 1.34. The third-order valence-corrected chi connectivity index (χ3v) is 4.86. The van der Waals surface area contributed by atoms with E-state index in [1.54, 1.807) is 30.5 Å². The second kappa shape index (κ2) is 7.07. The summed E-state index contributed by atoms with van der Waals surface area (Å²) in [6, 6.07) is 9.97. The number of rotatable bonds is 5. The van der Waals surface area contributed by atoms with Gasteiger partial charge >= 0.3 is 0 Å². The lowest BCUT2D eigenvalue weighted by molar-refractivity contribution is 0.617. The summed E-state index contributed by atoms with van der Waals surface area (Å²) in [7, 11) is 0. The summed E-state index contributed by atoms with van der Waals surface area (Å²) < 4.78 is 13.1. The number of aromatic nitrogens is 1. The van der Waals surface area contributed by atoms with Crippen LogP contribution in [0.1, 0.15) is 24.2 Å². The highest BCUT2D eigenvalue weighted by atomic mass is 35.5. The first-order valence-corrected chi connectivity index (χ1v) is 7.65. The molecule has 0 spiro atoms. The Morgan fingerprint density at radius 1 is 1.30 bits per heavy atom. The summed E-state index contributed by atoms with van der Waals surface area (Å²) >= 11 is 7.66. The average molecular weight is 311 g/mol. The first kappa shape index (κ1) is 15.3. The topological polar surface area (TPSA) is 38.9 Å². The predicted molar refractivity (Wildman–Crippen MR) is 82.5 cm³/mol. The molecule has 2 aromatic rings. The zero-order valence-corrected chi connectivity index (χ0v) is 12.7. The summed E-state index contributed by atoms with van der Waals surface area (Å²) in [6.07, 6.45) is 2.52. The molecule has 2 rings (SSSR count). The molecule has 0 aliphatic rings. The molecule has 2 unspecified atom stereocenters. The number of benzene rings is 1. The molecule has 1 aromatic heterocycles. The van der Waals surface area contributed by atoms with Crippen LogP contribution in [0.3, 0.4) is 0 Å². The van der Waals surface area contributed by atoms with Gasteiger partial charge in [-0.05, 0) is 36.2 Å². The first-order valence-electron chi connectivity index (χ1n) is 6.40.